The Balaban J connectivity index is 2.03. The highest BCUT2D eigenvalue weighted by Crippen LogP contribution is 2.20. The maximum Gasteiger partial charge on any atom is 0.354 e. The molecular weight excluding hydrogens is 224 g/mol. The fraction of sp³-hybridized carbons (Fsp3) is 0.455. The second-order valence-electron chi connectivity index (χ2n) is 3.84. The van der Waals surface area contributed by atoms with Crippen LogP contribution in [0, 0.1) is 0 Å². The van der Waals surface area contributed by atoms with E-state index in [1.165, 1.54) is 12.1 Å². The number of anilines is 1. The van der Waals surface area contributed by atoms with Crippen molar-refractivity contribution >= 4 is 11.7 Å². The molecule has 3 N–H and O–H groups in total. The molecule has 17 heavy (non-hydrogen) atoms. The van der Waals surface area contributed by atoms with E-state index in [0.29, 0.717) is 12.3 Å². The van der Waals surface area contributed by atoms with E-state index in [1.807, 2.05) is 0 Å². The van der Waals surface area contributed by atoms with Crippen LogP contribution in [-0.4, -0.2) is 35.4 Å². The summed E-state index contributed by atoms with van der Waals surface area (Å²) >= 11 is 0. The van der Waals surface area contributed by atoms with E-state index in [2.05, 4.69) is 4.98 Å². The molecule has 0 radical (unpaired) electrons. The lowest BCUT2D eigenvalue weighted by Crippen LogP contribution is -2.18. The summed E-state index contributed by atoms with van der Waals surface area (Å²) in [4.78, 5) is 14.6. The van der Waals surface area contributed by atoms with Gasteiger partial charge in [-0.2, -0.15) is 0 Å². The van der Waals surface area contributed by atoms with Gasteiger partial charge in [-0.05, 0) is 25.0 Å². The summed E-state index contributed by atoms with van der Waals surface area (Å²) in [6.45, 7) is 1.09. The molecule has 1 unspecified atom stereocenters. The Hall–Kier alpha value is -1.82. The Morgan fingerprint density at radius 3 is 3.12 bits per heavy atom. The predicted molar refractivity (Wildman–Crippen MR) is 60.1 cm³/mol. The Kier molecular flexibility index (Phi) is 3.43. The number of aromatic carboxylic acids is 1. The SMILES string of the molecule is Nc1ccc(C(=O)O)nc1OCC1CCCO1. The molecular formula is C11H14N2O4. The number of nitrogens with two attached hydrogens (primary N) is 1. The standard InChI is InChI=1S/C11H14N2O4/c12-8-3-4-9(11(14)15)13-10(8)17-6-7-2-1-5-16-7/h3-4,7H,1-2,5-6,12H2,(H,14,15). The van der Waals surface area contributed by atoms with Gasteiger partial charge in [-0.3, -0.25) is 0 Å². The van der Waals surface area contributed by atoms with Crippen molar-refractivity contribution in [3.8, 4) is 5.88 Å². The lowest BCUT2D eigenvalue weighted by Gasteiger charge is -2.12. The zero-order chi connectivity index (χ0) is 12.3. The summed E-state index contributed by atoms with van der Waals surface area (Å²) < 4.78 is 10.8. The molecule has 1 aliphatic rings. The van der Waals surface area contributed by atoms with Gasteiger partial charge in [-0.15, -0.1) is 0 Å². The average molecular weight is 238 g/mol. The summed E-state index contributed by atoms with van der Waals surface area (Å²) in [5.74, 6) is -0.952. The van der Waals surface area contributed by atoms with Crippen LogP contribution >= 0.6 is 0 Å². The smallest absolute Gasteiger partial charge is 0.354 e. The molecule has 2 heterocycles. The lowest BCUT2D eigenvalue weighted by atomic mass is 10.2. The van der Waals surface area contributed by atoms with Crippen molar-refractivity contribution in [2.24, 2.45) is 0 Å². The molecule has 1 aromatic heterocycles. The minimum Gasteiger partial charge on any atom is -0.477 e. The van der Waals surface area contributed by atoms with Gasteiger partial charge in [0, 0.05) is 6.61 Å². The quantitative estimate of drug-likeness (QED) is 0.809. The van der Waals surface area contributed by atoms with Crippen molar-refractivity contribution in [2.45, 2.75) is 18.9 Å². The van der Waals surface area contributed by atoms with Crippen molar-refractivity contribution < 1.29 is 19.4 Å². The predicted octanol–water partition coefficient (Wildman–Crippen LogP) is 0.920. The lowest BCUT2D eigenvalue weighted by molar-refractivity contribution is 0.0652. The maximum atomic E-state index is 10.7. The van der Waals surface area contributed by atoms with Gasteiger partial charge in [-0.25, -0.2) is 9.78 Å². The van der Waals surface area contributed by atoms with Crippen LogP contribution in [0.3, 0.4) is 0 Å². The van der Waals surface area contributed by atoms with Crippen molar-refractivity contribution in [3.05, 3.63) is 17.8 Å². The number of nitrogen functional groups attached to an aromatic ring is 1. The zero-order valence-electron chi connectivity index (χ0n) is 9.26. The first-order chi connectivity index (χ1) is 8.16. The number of rotatable bonds is 4. The van der Waals surface area contributed by atoms with Crippen molar-refractivity contribution in [2.75, 3.05) is 18.9 Å². The maximum absolute atomic E-state index is 10.7. The molecule has 1 saturated heterocycles. The average Bonchev–Trinajstić information content (AvgIpc) is 2.80. The van der Waals surface area contributed by atoms with Crippen LogP contribution in [0.2, 0.25) is 0 Å². The number of carbonyl (C=O) groups is 1. The molecule has 6 heteroatoms. The van der Waals surface area contributed by atoms with Crippen molar-refractivity contribution in [3.63, 3.8) is 0 Å². The van der Waals surface area contributed by atoms with Crippen LogP contribution < -0.4 is 10.5 Å². The summed E-state index contributed by atoms with van der Waals surface area (Å²) in [6, 6.07) is 2.82. The number of nitrogens with zero attached hydrogens (tertiary/aromatic N) is 1. The van der Waals surface area contributed by atoms with Crippen LogP contribution in [0.5, 0.6) is 5.88 Å². The van der Waals surface area contributed by atoms with Gasteiger partial charge in [0.05, 0.1) is 11.8 Å². The van der Waals surface area contributed by atoms with Crippen LogP contribution in [0.25, 0.3) is 0 Å². The highest BCUT2D eigenvalue weighted by atomic mass is 16.5. The molecule has 1 atom stereocenters. The minimum atomic E-state index is -1.10. The normalized spacial score (nSPS) is 19.2. The Bertz CT molecular complexity index is 416. The van der Waals surface area contributed by atoms with E-state index in [1.54, 1.807) is 0 Å². The fourth-order valence-electron chi connectivity index (χ4n) is 1.63. The summed E-state index contributed by atoms with van der Waals surface area (Å²) in [7, 11) is 0. The van der Waals surface area contributed by atoms with E-state index >= 15 is 0 Å². The van der Waals surface area contributed by atoms with Crippen LogP contribution in [-0.2, 0) is 4.74 Å². The van der Waals surface area contributed by atoms with Gasteiger partial charge >= 0.3 is 5.97 Å². The number of pyridine rings is 1. The minimum absolute atomic E-state index is 0.0460. The molecule has 1 aliphatic heterocycles. The number of hydrogen-bond acceptors (Lipinski definition) is 5. The number of carboxylic acid groups (broad SMARTS) is 1. The van der Waals surface area contributed by atoms with Gasteiger partial charge < -0.3 is 20.3 Å². The van der Waals surface area contributed by atoms with Gasteiger partial charge in [0.15, 0.2) is 5.69 Å². The van der Waals surface area contributed by atoms with E-state index in [9.17, 15) is 4.79 Å². The summed E-state index contributed by atoms with van der Waals surface area (Å²) in [5, 5.41) is 8.80. The molecule has 0 aromatic carbocycles. The Labute approximate surface area is 98.4 Å². The molecule has 1 fully saturated rings. The topological polar surface area (TPSA) is 94.7 Å². The highest BCUT2D eigenvalue weighted by Gasteiger charge is 2.17. The molecule has 1 aromatic rings. The van der Waals surface area contributed by atoms with Gasteiger partial charge in [-0.1, -0.05) is 0 Å². The van der Waals surface area contributed by atoms with Crippen LogP contribution in [0.4, 0.5) is 5.69 Å². The third kappa shape index (κ3) is 2.85. The van der Waals surface area contributed by atoms with E-state index in [-0.39, 0.29) is 17.7 Å². The largest absolute Gasteiger partial charge is 0.477 e. The summed E-state index contributed by atoms with van der Waals surface area (Å²) in [5.41, 5.74) is 5.90. The molecule has 0 bridgehead atoms. The van der Waals surface area contributed by atoms with Gasteiger partial charge in [0.2, 0.25) is 5.88 Å². The molecule has 0 aliphatic carbocycles. The Morgan fingerprint density at radius 1 is 1.65 bits per heavy atom. The zero-order valence-corrected chi connectivity index (χ0v) is 9.26. The third-order valence-electron chi connectivity index (χ3n) is 2.54. The first-order valence-electron chi connectivity index (χ1n) is 5.41. The van der Waals surface area contributed by atoms with Crippen molar-refractivity contribution in [1.29, 1.82) is 0 Å². The number of ether oxygens (including phenoxy) is 2. The van der Waals surface area contributed by atoms with Crippen LogP contribution in [0.1, 0.15) is 23.3 Å². The highest BCUT2D eigenvalue weighted by molar-refractivity contribution is 5.86. The van der Waals surface area contributed by atoms with E-state index < -0.39 is 5.97 Å². The van der Waals surface area contributed by atoms with Gasteiger partial charge in [0.1, 0.15) is 6.61 Å². The van der Waals surface area contributed by atoms with E-state index in [4.69, 9.17) is 20.3 Å². The number of hydrogen-bond donors (Lipinski definition) is 2. The third-order valence-corrected chi connectivity index (χ3v) is 2.54. The Morgan fingerprint density at radius 2 is 2.47 bits per heavy atom. The first kappa shape index (κ1) is 11.7. The summed E-state index contributed by atoms with van der Waals surface area (Å²) in [6.07, 6.45) is 2.01. The number of aromatic nitrogens is 1. The number of carboxylic acids is 1. The molecule has 0 spiro atoms. The molecule has 92 valence electrons. The second kappa shape index (κ2) is 5.01. The first-order valence-corrected chi connectivity index (χ1v) is 5.41. The van der Waals surface area contributed by atoms with E-state index in [0.717, 1.165) is 19.4 Å². The molecule has 2 rings (SSSR count). The monoisotopic (exact) mass is 238 g/mol. The van der Waals surface area contributed by atoms with Crippen molar-refractivity contribution in [1.82, 2.24) is 4.98 Å². The fourth-order valence-corrected chi connectivity index (χ4v) is 1.63. The molecule has 0 amide bonds. The molecule has 0 saturated carbocycles. The second-order valence-corrected chi connectivity index (χ2v) is 3.84. The van der Waals surface area contributed by atoms with Crippen LogP contribution in [0.15, 0.2) is 12.1 Å². The van der Waals surface area contributed by atoms with Gasteiger partial charge in [0.25, 0.3) is 0 Å². The molecule has 6 nitrogen and oxygen atoms in total.